The van der Waals surface area contributed by atoms with Gasteiger partial charge in [-0.15, -0.1) is 0 Å². The van der Waals surface area contributed by atoms with Gasteiger partial charge in [0.15, 0.2) is 0 Å². The molecule has 0 aliphatic heterocycles. The van der Waals surface area contributed by atoms with Crippen LogP contribution in [0.4, 0.5) is 0 Å². The number of amides is 1. The van der Waals surface area contributed by atoms with Crippen molar-refractivity contribution in [3.8, 4) is 11.1 Å². The van der Waals surface area contributed by atoms with Crippen molar-refractivity contribution in [1.82, 2.24) is 14.9 Å². The van der Waals surface area contributed by atoms with E-state index in [0.717, 1.165) is 17.9 Å². The quantitative estimate of drug-likeness (QED) is 0.708. The maximum absolute atomic E-state index is 12.2. The van der Waals surface area contributed by atoms with Crippen LogP contribution in [0.5, 0.6) is 0 Å². The summed E-state index contributed by atoms with van der Waals surface area (Å²) in [6, 6.07) is 18.5. The minimum atomic E-state index is 0.0607. The van der Waals surface area contributed by atoms with E-state index in [1.54, 1.807) is 0 Å². The van der Waals surface area contributed by atoms with E-state index in [-0.39, 0.29) is 5.91 Å². The fraction of sp³-hybridized carbons (Fsp3) is 0.273. The second-order valence-electron chi connectivity index (χ2n) is 6.84. The molecule has 1 N–H and O–H groups in total. The van der Waals surface area contributed by atoms with E-state index in [9.17, 15) is 4.79 Å². The Labute approximate surface area is 153 Å². The lowest BCUT2D eigenvalue weighted by molar-refractivity contribution is -0.120. The molecule has 132 valence electrons. The summed E-state index contributed by atoms with van der Waals surface area (Å²) in [7, 11) is 0. The Balaban J connectivity index is 1.27. The number of benzene rings is 2. The number of nitrogens with one attached hydrogen (secondary N) is 1. The summed E-state index contributed by atoms with van der Waals surface area (Å²) >= 11 is 0. The Morgan fingerprint density at radius 3 is 2.50 bits per heavy atom. The molecule has 1 aromatic heterocycles. The topological polar surface area (TPSA) is 46.9 Å². The molecule has 1 saturated carbocycles. The van der Waals surface area contributed by atoms with Gasteiger partial charge in [-0.3, -0.25) is 4.79 Å². The van der Waals surface area contributed by atoms with Crippen LogP contribution in [0, 0.1) is 0 Å². The van der Waals surface area contributed by atoms with E-state index in [1.165, 1.54) is 24.0 Å². The molecule has 0 spiro atoms. The summed E-state index contributed by atoms with van der Waals surface area (Å²) in [6.45, 7) is 1.42. The highest BCUT2D eigenvalue weighted by atomic mass is 16.1. The van der Waals surface area contributed by atoms with Gasteiger partial charge < -0.3 is 9.88 Å². The van der Waals surface area contributed by atoms with Crippen molar-refractivity contribution in [3.63, 3.8) is 0 Å². The minimum absolute atomic E-state index is 0.0607. The average Bonchev–Trinajstić information content (AvgIpc) is 3.42. The van der Waals surface area contributed by atoms with E-state index in [1.807, 2.05) is 42.7 Å². The zero-order valence-electron chi connectivity index (χ0n) is 14.8. The van der Waals surface area contributed by atoms with Crippen molar-refractivity contribution >= 4 is 5.91 Å². The SMILES string of the molecule is O=C(Cc1ccc(-c2ccccc2)cc1)NCCn1ccnc1C1CC1. The second-order valence-corrected chi connectivity index (χ2v) is 6.84. The number of nitrogens with zero attached hydrogens (tertiary/aromatic N) is 2. The van der Waals surface area contributed by atoms with E-state index in [4.69, 9.17) is 0 Å². The number of carbonyl (C=O) groups is 1. The van der Waals surface area contributed by atoms with Gasteiger partial charge in [0.05, 0.1) is 6.42 Å². The molecule has 2 aromatic carbocycles. The second kappa shape index (κ2) is 7.56. The highest BCUT2D eigenvalue weighted by molar-refractivity contribution is 5.78. The first-order valence-electron chi connectivity index (χ1n) is 9.22. The van der Waals surface area contributed by atoms with Gasteiger partial charge in [-0.05, 0) is 29.5 Å². The summed E-state index contributed by atoms with van der Waals surface area (Å²) in [4.78, 5) is 16.6. The van der Waals surface area contributed by atoms with Crippen molar-refractivity contribution in [2.24, 2.45) is 0 Å². The van der Waals surface area contributed by atoms with Gasteiger partial charge in [-0.2, -0.15) is 0 Å². The van der Waals surface area contributed by atoms with Crippen molar-refractivity contribution in [2.75, 3.05) is 6.54 Å². The maximum Gasteiger partial charge on any atom is 0.224 e. The van der Waals surface area contributed by atoms with Crippen LogP contribution in [0.3, 0.4) is 0 Å². The molecule has 0 atom stereocenters. The Hall–Kier alpha value is -2.88. The molecule has 0 bridgehead atoms. The number of imidazole rings is 1. The zero-order valence-corrected chi connectivity index (χ0v) is 14.8. The number of hydrogen-bond donors (Lipinski definition) is 1. The molecular formula is C22H23N3O. The molecule has 1 aliphatic carbocycles. The fourth-order valence-electron chi connectivity index (χ4n) is 3.22. The van der Waals surface area contributed by atoms with Crippen molar-refractivity contribution in [3.05, 3.63) is 78.4 Å². The smallest absolute Gasteiger partial charge is 0.224 e. The monoisotopic (exact) mass is 345 g/mol. The predicted molar refractivity (Wildman–Crippen MR) is 103 cm³/mol. The number of rotatable bonds is 7. The Morgan fingerprint density at radius 2 is 1.77 bits per heavy atom. The lowest BCUT2D eigenvalue weighted by Gasteiger charge is -2.09. The summed E-state index contributed by atoms with van der Waals surface area (Å²) in [6.07, 6.45) is 6.74. The van der Waals surface area contributed by atoms with Crippen molar-refractivity contribution in [2.45, 2.75) is 31.7 Å². The number of aromatic nitrogens is 2. The van der Waals surface area contributed by atoms with Crippen LogP contribution in [0.25, 0.3) is 11.1 Å². The molecule has 1 heterocycles. The van der Waals surface area contributed by atoms with Gasteiger partial charge >= 0.3 is 0 Å². The van der Waals surface area contributed by atoms with E-state index >= 15 is 0 Å². The molecule has 0 saturated heterocycles. The number of carbonyl (C=O) groups excluding carboxylic acids is 1. The molecule has 1 fully saturated rings. The third-order valence-corrected chi connectivity index (χ3v) is 4.79. The molecule has 3 aromatic rings. The molecule has 1 aliphatic rings. The van der Waals surface area contributed by atoms with E-state index in [2.05, 4.69) is 39.1 Å². The predicted octanol–water partition coefficient (Wildman–Crippen LogP) is 3.79. The molecule has 1 amide bonds. The van der Waals surface area contributed by atoms with Gasteiger partial charge in [-0.1, -0.05) is 54.6 Å². The van der Waals surface area contributed by atoms with Crippen LogP contribution >= 0.6 is 0 Å². The van der Waals surface area contributed by atoms with Crippen LogP contribution < -0.4 is 5.32 Å². The van der Waals surface area contributed by atoms with Crippen LogP contribution in [0.2, 0.25) is 0 Å². The molecule has 4 rings (SSSR count). The van der Waals surface area contributed by atoms with Gasteiger partial charge in [-0.25, -0.2) is 4.98 Å². The van der Waals surface area contributed by atoms with Crippen LogP contribution in [-0.4, -0.2) is 22.0 Å². The standard InChI is InChI=1S/C22H23N3O/c26-21(23-12-14-25-15-13-24-22(25)20-10-11-20)16-17-6-8-19(9-7-17)18-4-2-1-3-5-18/h1-9,13,15,20H,10-12,14,16H2,(H,23,26). The normalized spacial score (nSPS) is 13.5. The Morgan fingerprint density at radius 1 is 1.04 bits per heavy atom. The highest BCUT2D eigenvalue weighted by Crippen LogP contribution is 2.38. The van der Waals surface area contributed by atoms with Crippen molar-refractivity contribution < 1.29 is 4.79 Å². The van der Waals surface area contributed by atoms with Gasteiger partial charge in [0.25, 0.3) is 0 Å². The third kappa shape index (κ3) is 4.02. The largest absolute Gasteiger partial charge is 0.354 e. The average molecular weight is 345 g/mol. The summed E-state index contributed by atoms with van der Waals surface area (Å²) in [5.41, 5.74) is 3.39. The summed E-state index contributed by atoms with van der Waals surface area (Å²) in [5.74, 6) is 1.85. The van der Waals surface area contributed by atoms with E-state index in [0.29, 0.717) is 18.9 Å². The summed E-state index contributed by atoms with van der Waals surface area (Å²) < 4.78 is 2.16. The molecule has 0 radical (unpaired) electrons. The number of hydrogen-bond acceptors (Lipinski definition) is 2. The van der Waals surface area contributed by atoms with Gasteiger partial charge in [0.1, 0.15) is 5.82 Å². The Bertz CT molecular complexity index is 864. The lowest BCUT2D eigenvalue weighted by Crippen LogP contribution is -2.28. The first-order chi connectivity index (χ1) is 12.8. The molecule has 26 heavy (non-hydrogen) atoms. The third-order valence-electron chi connectivity index (χ3n) is 4.79. The first-order valence-corrected chi connectivity index (χ1v) is 9.22. The fourth-order valence-corrected chi connectivity index (χ4v) is 3.22. The lowest BCUT2D eigenvalue weighted by atomic mass is 10.0. The molecule has 4 heteroatoms. The maximum atomic E-state index is 12.2. The minimum Gasteiger partial charge on any atom is -0.354 e. The molecule has 4 nitrogen and oxygen atoms in total. The van der Waals surface area contributed by atoms with Gasteiger partial charge in [0.2, 0.25) is 5.91 Å². The van der Waals surface area contributed by atoms with Crippen LogP contribution in [0.15, 0.2) is 67.0 Å². The van der Waals surface area contributed by atoms with Gasteiger partial charge in [0, 0.05) is 31.4 Å². The summed E-state index contributed by atoms with van der Waals surface area (Å²) in [5, 5.41) is 3.01. The first kappa shape index (κ1) is 16.6. The van der Waals surface area contributed by atoms with Crippen LogP contribution in [0.1, 0.15) is 30.1 Å². The highest BCUT2D eigenvalue weighted by Gasteiger charge is 2.27. The Kier molecular flexibility index (Phi) is 4.82. The van der Waals surface area contributed by atoms with Crippen molar-refractivity contribution in [1.29, 1.82) is 0 Å². The molecule has 0 unspecified atom stereocenters. The molecular weight excluding hydrogens is 322 g/mol. The van der Waals surface area contributed by atoms with Crippen LogP contribution in [-0.2, 0) is 17.8 Å². The zero-order chi connectivity index (χ0) is 17.8. The van der Waals surface area contributed by atoms with E-state index < -0.39 is 0 Å².